The average molecular weight is 477 g/mol. The Balaban J connectivity index is 1.73. The van der Waals surface area contributed by atoms with E-state index in [1.54, 1.807) is 0 Å². The Hall–Kier alpha value is -2.35. The fourth-order valence-electron chi connectivity index (χ4n) is 5.21. The van der Waals surface area contributed by atoms with Crippen molar-refractivity contribution in [2.75, 3.05) is 13.7 Å². The smallest absolute Gasteiger partial charge is 0.329 e. The lowest BCUT2D eigenvalue weighted by Crippen LogP contribution is -2.44. The third-order valence-corrected chi connectivity index (χ3v) is 6.94. The first-order chi connectivity index (χ1) is 16.3. The van der Waals surface area contributed by atoms with Crippen LogP contribution in [0.5, 0.6) is 11.5 Å². The summed E-state index contributed by atoms with van der Waals surface area (Å²) < 4.78 is 17.2. The maximum absolute atomic E-state index is 13.0. The molecule has 1 saturated heterocycles. The second-order valence-corrected chi connectivity index (χ2v) is 10.1. The molecule has 34 heavy (non-hydrogen) atoms. The van der Waals surface area contributed by atoms with Crippen molar-refractivity contribution in [3.05, 3.63) is 18.0 Å². The molecule has 1 aliphatic carbocycles. The molecule has 0 aromatic carbocycles. The van der Waals surface area contributed by atoms with Gasteiger partial charge in [0.25, 0.3) is 5.91 Å². The number of amides is 1. The van der Waals surface area contributed by atoms with E-state index in [2.05, 4.69) is 24.1 Å². The Kier molecular flexibility index (Phi) is 9.56. The summed E-state index contributed by atoms with van der Waals surface area (Å²) in [5, 5.41) is 13.0. The third kappa shape index (κ3) is 6.84. The molecule has 2 heterocycles. The van der Waals surface area contributed by atoms with Crippen LogP contribution < -0.4 is 10.1 Å². The first-order valence-electron chi connectivity index (χ1n) is 12.6. The molecule has 2 fully saturated rings. The normalized spacial score (nSPS) is 26.4. The Morgan fingerprint density at radius 2 is 1.97 bits per heavy atom. The zero-order valence-corrected chi connectivity index (χ0v) is 20.9. The zero-order valence-electron chi connectivity index (χ0n) is 20.9. The van der Waals surface area contributed by atoms with Crippen LogP contribution in [-0.4, -0.2) is 53.9 Å². The molecule has 8 heteroatoms. The van der Waals surface area contributed by atoms with Crippen LogP contribution in [0.3, 0.4) is 0 Å². The van der Waals surface area contributed by atoms with Crippen LogP contribution in [0, 0.1) is 17.8 Å². The van der Waals surface area contributed by atoms with Crippen LogP contribution in [0.25, 0.3) is 0 Å². The number of hydrogen-bond acceptors (Lipinski definition) is 7. The Bertz CT molecular complexity index is 824. The van der Waals surface area contributed by atoms with Gasteiger partial charge in [-0.2, -0.15) is 0 Å². The van der Waals surface area contributed by atoms with Crippen molar-refractivity contribution in [1.82, 2.24) is 10.3 Å². The van der Waals surface area contributed by atoms with Gasteiger partial charge in [0.2, 0.25) is 0 Å². The van der Waals surface area contributed by atoms with Gasteiger partial charge in [-0.05, 0) is 43.9 Å². The molecule has 2 N–H and O–H groups in total. The number of methoxy groups -OCH3 is 1. The van der Waals surface area contributed by atoms with Gasteiger partial charge in [-0.3, -0.25) is 4.79 Å². The Labute approximate surface area is 202 Å². The molecular formula is C26H40N2O6. The minimum absolute atomic E-state index is 0.144. The predicted molar refractivity (Wildman–Crippen MR) is 128 cm³/mol. The van der Waals surface area contributed by atoms with E-state index in [-0.39, 0.29) is 23.3 Å². The van der Waals surface area contributed by atoms with Gasteiger partial charge >= 0.3 is 5.97 Å². The lowest BCUT2D eigenvalue weighted by molar-refractivity contribution is -0.161. The first kappa shape index (κ1) is 26.3. The van der Waals surface area contributed by atoms with Crippen molar-refractivity contribution in [3.8, 4) is 11.5 Å². The van der Waals surface area contributed by atoms with Gasteiger partial charge in [0.05, 0.1) is 13.2 Å². The molecule has 3 rings (SSSR count). The number of aromatic nitrogens is 1. The highest BCUT2D eigenvalue weighted by Crippen LogP contribution is 2.36. The second kappa shape index (κ2) is 12.4. The number of esters is 1. The quantitative estimate of drug-likeness (QED) is 0.540. The molecule has 1 aromatic rings. The number of nitrogens with one attached hydrogen (secondary N) is 1. The van der Waals surface area contributed by atoms with Gasteiger partial charge < -0.3 is 24.6 Å². The Morgan fingerprint density at radius 1 is 1.24 bits per heavy atom. The molecule has 0 bridgehead atoms. The number of carbonyl (C=O) groups is 2. The van der Waals surface area contributed by atoms with Crippen LogP contribution in [0.4, 0.5) is 0 Å². The summed E-state index contributed by atoms with van der Waals surface area (Å²) in [6.45, 7) is 6.75. The summed E-state index contributed by atoms with van der Waals surface area (Å²) in [4.78, 5) is 29.8. The number of pyridine rings is 1. The first-order valence-corrected chi connectivity index (χ1v) is 12.6. The summed E-state index contributed by atoms with van der Waals surface area (Å²) in [6, 6.07) is 0.641. The molecule has 4 unspecified atom stereocenters. The predicted octanol–water partition coefficient (Wildman–Crippen LogP) is 4.25. The highest BCUT2D eigenvalue weighted by molar-refractivity contribution is 5.97. The van der Waals surface area contributed by atoms with Gasteiger partial charge in [-0.15, -0.1) is 0 Å². The monoisotopic (exact) mass is 476 g/mol. The number of hydrogen-bond donors (Lipinski definition) is 2. The number of ether oxygens (including phenoxy) is 3. The fourth-order valence-corrected chi connectivity index (χ4v) is 5.21. The van der Waals surface area contributed by atoms with Crippen LogP contribution in [0.15, 0.2) is 12.3 Å². The maximum atomic E-state index is 13.0. The highest BCUT2D eigenvalue weighted by atomic mass is 16.6. The van der Waals surface area contributed by atoms with E-state index in [4.69, 9.17) is 14.2 Å². The van der Waals surface area contributed by atoms with Gasteiger partial charge in [-0.25, -0.2) is 9.78 Å². The van der Waals surface area contributed by atoms with Crippen LogP contribution in [-0.2, 0) is 14.3 Å². The van der Waals surface area contributed by atoms with Crippen LogP contribution in [0.2, 0.25) is 0 Å². The lowest BCUT2D eigenvalue weighted by atomic mass is 9.83. The van der Waals surface area contributed by atoms with Crippen molar-refractivity contribution >= 4 is 11.9 Å². The number of nitrogens with zero attached hydrogens (tertiary/aromatic N) is 1. The van der Waals surface area contributed by atoms with E-state index < -0.39 is 24.0 Å². The summed E-state index contributed by atoms with van der Waals surface area (Å²) in [6.07, 6.45) is 9.12. The van der Waals surface area contributed by atoms with E-state index in [0.29, 0.717) is 30.8 Å². The van der Waals surface area contributed by atoms with E-state index >= 15 is 0 Å². The largest absolute Gasteiger partial charge is 0.503 e. The molecule has 1 saturated carbocycles. The minimum atomic E-state index is -0.821. The van der Waals surface area contributed by atoms with E-state index in [0.717, 1.165) is 19.3 Å². The molecule has 0 radical (unpaired) electrons. The molecule has 1 aliphatic heterocycles. The molecule has 8 nitrogen and oxygen atoms in total. The maximum Gasteiger partial charge on any atom is 0.329 e. The summed E-state index contributed by atoms with van der Waals surface area (Å²) in [5.74, 6) is 0.0670. The van der Waals surface area contributed by atoms with Gasteiger partial charge in [0, 0.05) is 18.9 Å². The molecule has 4 atom stereocenters. The van der Waals surface area contributed by atoms with Crippen molar-refractivity contribution in [2.45, 2.75) is 90.4 Å². The number of carbonyl (C=O) groups excluding carboxylic acids is 2. The van der Waals surface area contributed by atoms with E-state index in [1.165, 1.54) is 45.1 Å². The van der Waals surface area contributed by atoms with Crippen molar-refractivity contribution in [1.29, 1.82) is 0 Å². The van der Waals surface area contributed by atoms with Crippen molar-refractivity contribution in [3.63, 3.8) is 0 Å². The van der Waals surface area contributed by atoms with Crippen molar-refractivity contribution < 1.29 is 28.9 Å². The minimum Gasteiger partial charge on any atom is -0.503 e. The summed E-state index contributed by atoms with van der Waals surface area (Å²) in [5.41, 5.74) is -0.183. The second-order valence-electron chi connectivity index (χ2n) is 10.1. The molecule has 1 aromatic heterocycles. The molecule has 190 valence electrons. The molecular weight excluding hydrogens is 436 g/mol. The Morgan fingerprint density at radius 3 is 2.65 bits per heavy atom. The topological polar surface area (TPSA) is 107 Å². The number of rotatable bonds is 8. The van der Waals surface area contributed by atoms with Crippen molar-refractivity contribution in [2.24, 2.45) is 17.8 Å². The average Bonchev–Trinajstić information content (AvgIpc) is 3.31. The van der Waals surface area contributed by atoms with E-state index in [9.17, 15) is 14.7 Å². The number of aromatic hydroxyl groups is 1. The molecule has 2 aliphatic rings. The van der Waals surface area contributed by atoms with Gasteiger partial charge in [0.15, 0.2) is 17.2 Å². The fraction of sp³-hybridized carbons (Fsp3) is 0.731. The van der Waals surface area contributed by atoms with Crippen LogP contribution >= 0.6 is 0 Å². The van der Waals surface area contributed by atoms with Gasteiger partial charge in [0.1, 0.15) is 12.1 Å². The summed E-state index contributed by atoms with van der Waals surface area (Å²) >= 11 is 0. The van der Waals surface area contributed by atoms with E-state index in [1.807, 2.05) is 6.92 Å². The number of cyclic esters (lactones) is 1. The highest BCUT2D eigenvalue weighted by Gasteiger charge is 2.36. The van der Waals surface area contributed by atoms with Crippen LogP contribution in [0.1, 0.15) is 82.6 Å². The molecule has 0 spiro atoms. The molecule has 1 amide bonds. The zero-order chi connectivity index (χ0) is 24.7. The van der Waals surface area contributed by atoms with Gasteiger partial charge in [-0.1, -0.05) is 46.0 Å². The lowest BCUT2D eigenvalue weighted by Gasteiger charge is -2.33. The standard InChI is InChI=1S/C26H40N2O6/c1-16(2)15-33-24-17(3)34-26(31)20(11-7-10-19(24)14-18-8-5-6-9-18)28-25(30)22-23(29)21(32-4)12-13-27-22/h12-13,16-20,24,29H,5-11,14-15H2,1-4H3,(H,28,30). The summed E-state index contributed by atoms with van der Waals surface area (Å²) in [7, 11) is 1.40. The SMILES string of the molecule is COc1ccnc(C(=O)NC2CCCC(CC3CCCC3)C(OCC(C)C)C(C)OC2=O)c1O. The third-order valence-electron chi connectivity index (χ3n) is 6.94.